The van der Waals surface area contributed by atoms with Gasteiger partial charge in [0.1, 0.15) is 11.9 Å². The first kappa shape index (κ1) is 10.1. The summed E-state index contributed by atoms with van der Waals surface area (Å²) < 4.78 is 14.6. The second-order valence-electron chi connectivity index (χ2n) is 3.44. The van der Waals surface area contributed by atoms with E-state index in [9.17, 15) is 9.50 Å². The van der Waals surface area contributed by atoms with Crippen LogP contribution in [0.3, 0.4) is 0 Å². The highest BCUT2D eigenvalue weighted by Crippen LogP contribution is 2.21. The van der Waals surface area contributed by atoms with Crippen LogP contribution in [0.1, 0.15) is 11.8 Å². The first-order valence-corrected chi connectivity index (χ1v) is 4.62. The Morgan fingerprint density at radius 2 is 2.33 bits per heavy atom. The largest absolute Gasteiger partial charge is 0.386 e. The van der Waals surface area contributed by atoms with Crippen LogP contribution in [0.2, 0.25) is 0 Å². The predicted molar refractivity (Wildman–Crippen MR) is 54.7 cm³/mol. The van der Waals surface area contributed by atoms with Gasteiger partial charge in [0.15, 0.2) is 0 Å². The van der Waals surface area contributed by atoms with Crippen LogP contribution in [-0.4, -0.2) is 21.2 Å². The molecule has 0 saturated carbocycles. The molecule has 0 bridgehead atoms. The number of halogens is 1. The van der Waals surface area contributed by atoms with E-state index in [-0.39, 0.29) is 6.54 Å². The zero-order valence-corrected chi connectivity index (χ0v) is 8.31. The number of rotatable bonds is 2. The summed E-state index contributed by atoms with van der Waals surface area (Å²) in [6.07, 6.45) is 0.410. The van der Waals surface area contributed by atoms with E-state index in [4.69, 9.17) is 5.73 Å². The number of hydrogen-bond acceptors (Lipinski definition) is 3. The Labute approximate surface area is 86.1 Å². The molecule has 0 saturated heterocycles. The molecule has 2 heterocycles. The van der Waals surface area contributed by atoms with Crippen LogP contribution in [0.25, 0.3) is 11.0 Å². The smallest absolute Gasteiger partial charge is 0.143 e. The quantitative estimate of drug-likeness (QED) is 0.765. The van der Waals surface area contributed by atoms with Crippen LogP contribution in [0.5, 0.6) is 0 Å². The minimum absolute atomic E-state index is 0.132. The molecule has 0 aliphatic rings. The van der Waals surface area contributed by atoms with Crippen molar-refractivity contribution in [1.82, 2.24) is 9.55 Å². The maximum Gasteiger partial charge on any atom is 0.143 e. The van der Waals surface area contributed by atoms with Crippen LogP contribution in [0.4, 0.5) is 4.39 Å². The van der Waals surface area contributed by atoms with E-state index in [1.54, 1.807) is 17.7 Å². The topological polar surface area (TPSA) is 64.1 Å². The van der Waals surface area contributed by atoms with Gasteiger partial charge in [-0.1, -0.05) is 0 Å². The minimum Gasteiger partial charge on any atom is -0.386 e. The molecule has 2 aromatic heterocycles. The van der Waals surface area contributed by atoms with Gasteiger partial charge in [-0.25, -0.2) is 4.39 Å². The predicted octanol–water partition coefficient (Wildman–Crippen LogP) is 0.705. The maximum atomic E-state index is 12.9. The highest BCUT2D eigenvalue weighted by molar-refractivity contribution is 5.77. The Kier molecular flexibility index (Phi) is 2.42. The molecule has 0 aliphatic heterocycles. The fourth-order valence-corrected chi connectivity index (χ4v) is 1.64. The van der Waals surface area contributed by atoms with E-state index in [1.807, 2.05) is 0 Å². The van der Waals surface area contributed by atoms with Crippen molar-refractivity contribution < 1.29 is 9.50 Å². The summed E-state index contributed by atoms with van der Waals surface area (Å²) in [6.45, 7) is 0.132. The van der Waals surface area contributed by atoms with Crippen LogP contribution in [-0.2, 0) is 7.05 Å². The monoisotopic (exact) mass is 209 g/mol. The third kappa shape index (κ3) is 1.60. The second-order valence-corrected chi connectivity index (χ2v) is 3.44. The number of nitrogens with zero attached hydrogens (tertiary/aromatic N) is 2. The van der Waals surface area contributed by atoms with Gasteiger partial charge in [-0.15, -0.1) is 0 Å². The molecular formula is C10H12FN3O. The molecule has 15 heavy (non-hydrogen) atoms. The third-order valence-corrected chi connectivity index (χ3v) is 2.46. The summed E-state index contributed by atoms with van der Waals surface area (Å²) >= 11 is 0. The molecule has 0 aliphatic carbocycles. The number of aromatic nitrogens is 2. The van der Waals surface area contributed by atoms with Gasteiger partial charge in [0.2, 0.25) is 0 Å². The lowest BCUT2D eigenvalue weighted by molar-refractivity contribution is 0.179. The summed E-state index contributed by atoms with van der Waals surface area (Å²) in [5, 5.41) is 9.61. The number of fused-ring (bicyclic) bond motifs is 1. The van der Waals surface area contributed by atoms with Gasteiger partial charge >= 0.3 is 0 Å². The molecule has 1 unspecified atom stereocenters. The highest BCUT2D eigenvalue weighted by atomic mass is 19.1. The second kappa shape index (κ2) is 3.60. The highest BCUT2D eigenvalue weighted by Gasteiger charge is 2.13. The normalized spacial score (nSPS) is 13.3. The number of pyridine rings is 1. The standard InChI is InChI=1S/C10H12FN3O/c1-14-8-2-6(11)5-13-7(8)3-9(14)10(15)4-12/h2-3,5,10,15H,4,12H2,1H3. The van der Waals surface area contributed by atoms with Gasteiger partial charge in [-0.2, -0.15) is 0 Å². The molecule has 2 rings (SSSR count). The number of nitrogens with two attached hydrogens (primary N) is 1. The fraction of sp³-hybridized carbons (Fsp3) is 0.300. The van der Waals surface area contributed by atoms with Gasteiger partial charge in [0.05, 0.1) is 22.9 Å². The van der Waals surface area contributed by atoms with E-state index < -0.39 is 11.9 Å². The summed E-state index contributed by atoms with van der Waals surface area (Å²) in [7, 11) is 1.75. The van der Waals surface area contributed by atoms with Crippen LogP contribution < -0.4 is 5.73 Å². The summed E-state index contributed by atoms with van der Waals surface area (Å²) in [5.41, 5.74) is 7.32. The average Bonchev–Trinajstić information content (AvgIpc) is 2.55. The SMILES string of the molecule is Cn1c(C(O)CN)cc2ncc(F)cc21. The maximum absolute atomic E-state index is 12.9. The lowest BCUT2D eigenvalue weighted by Crippen LogP contribution is -2.14. The fourth-order valence-electron chi connectivity index (χ4n) is 1.64. The van der Waals surface area contributed by atoms with Crippen molar-refractivity contribution >= 4 is 11.0 Å². The average molecular weight is 209 g/mol. The molecule has 0 spiro atoms. The Balaban J connectivity index is 2.64. The Bertz CT molecular complexity index is 495. The van der Waals surface area contributed by atoms with Crippen LogP contribution in [0, 0.1) is 5.82 Å². The van der Waals surface area contributed by atoms with Gasteiger partial charge in [-0.05, 0) is 6.07 Å². The molecule has 2 aromatic rings. The minimum atomic E-state index is -0.743. The Morgan fingerprint density at radius 3 is 3.00 bits per heavy atom. The lowest BCUT2D eigenvalue weighted by atomic mass is 10.2. The van der Waals surface area contributed by atoms with Crippen molar-refractivity contribution in [1.29, 1.82) is 0 Å². The molecule has 0 radical (unpaired) electrons. The summed E-state index contributed by atoms with van der Waals surface area (Å²) in [4.78, 5) is 3.93. The van der Waals surface area contributed by atoms with Gasteiger partial charge < -0.3 is 15.4 Å². The van der Waals surface area contributed by atoms with Crippen molar-refractivity contribution in [3.8, 4) is 0 Å². The molecule has 80 valence electrons. The van der Waals surface area contributed by atoms with E-state index >= 15 is 0 Å². The summed E-state index contributed by atoms with van der Waals surface area (Å²) in [5.74, 6) is -0.391. The number of aryl methyl sites for hydroxylation is 1. The zero-order chi connectivity index (χ0) is 11.0. The molecule has 4 nitrogen and oxygen atoms in total. The van der Waals surface area contributed by atoms with Crippen LogP contribution in [0.15, 0.2) is 18.3 Å². The van der Waals surface area contributed by atoms with Crippen molar-refractivity contribution in [2.75, 3.05) is 6.54 Å². The van der Waals surface area contributed by atoms with E-state index in [2.05, 4.69) is 4.98 Å². The van der Waals surface area contributed by atoms with Crippen molar-refractivity contribution in [3.05, 3.63) is 29.8 Å². The van der Waals surface area contributed by atoms with Gasteiger partial charge in [0, 0.05) is 19.7 Å². The molecule has 0 amide bonds. The Morgan fingerprint density at radius 1 is 1.60 bits per heavy atom. The number of aliphatic hydroxyl groups excluding tert-OH is 1. The first-order valence-electron chi connectivity index (χ1n) is 4.62. The van der Waals surface area contributed by atoms with E-state index in [1.165, 1.54) is 6.07 Å². The van der Waals surface area contributed by atoms with E-state index in [0.717, 1.165) is 6.20 Å². The third-order valence-electron chi connectivity index (χ3n) is 2.46. The first-order chi connectivity index (χ1) is 7.13. The zero-order valence-electron chi connectivity index (χ0n) is 8.31. The molecule has 3 N–H and O–H groups in total. The Hall–Kier alpha value is -1.46. The van der Waals surface area contributed by atoms with Crippen molar-refractivity contribution in [2.24, 2.45) is 12.8 Å². The van der Waals surface area contributed by atoms with Gasteiger partial charge in [0.25, 0.3) is 0 Å². The molecule has 0 aromatic carbocycles. The molecule has 5 heteroatoms. The van der Waals surface area contributed by atoms with Gasteiger partial charge in [-0.3, -0.25) is 4.98 Å². The molecular weight excluding hydrogens is 197 g/mol. The lowest BCUT2D eigenvalue weighted by Gasteiger charge is -2.08. The van der Waals surface area contributed by atoms with Crippen LogP contribution >= 0.6 is 0 Å². The van der Waals surface area contributed by atoms with E-state index in [0.29, 0.717) is 16.7 Å². The molecule has 0 fully saturated rings. The van der Waals surface area contributed by atoms with Crippen molar-refractivity contribution in [2.45, 2.75) is 6.10 Å². The number of hydrogen-bond donors (Lipinski definition) is 2. The van der Waals surface area contributed by atoms with Crippen molar-refractivity contribution in [3.63, 3.8) is 0 Å². The number of aliphatic hydroxyl groups is 1. The molecule has 1 atom stereocenters. The summed E-state index contributed by atoms with van der Waals surface area (Å²) in [6, 6.07) is 3.10.